The van der Waals surface area contributed by atoms with Gasteiger partial charge < -0.3 is 14.7 Å². The molecule has 0 saturated heterocycles. The molecule has 0 spiro atoms. The summed E-state index contributed by atoms with van der Waals surface area (Å²) in [7, 11) is -15.5. The lowest BCUT2D eigenvalue weighted by Crippen LogP contribution is -2.18. The van der Waals surface area contributed by atoms with Gasteiger partial charge in [-0.2, -0.15) is 12.7 Å². The summed E-state index contributed by atoms with van der Waals surface area (Å²) in [4.78, 5) is 25.6. The average molecular weight is 349 g/mol. The van der Waals surface area contributed by atoms with E-state index in [1.807, 2.05) is 0 Å². The third-order valence-corrected chi connectivity index (χ3v) is 5.63. The van der Waals surface area contributed by atoms with Crippen LogP contribution in [0.5, 0.6) is 0 Å². The van der Waals surface area contributed by atoms with Crippen molar-refractivity contribution in [1.82, 2.24) is 0 Å². The number of halogens is 1. The fourth-order valence-electron chi connectivity index (χ4n) is 0.654. The second kappa shape index (κ2) is 5.99. The Hall–Kier alpha value is 0.700. The lowest BCUT2D eigenvalue weighted by Gasteiger charge is -2.24. The van der Waals surface area contributed by atoms with E-state index in [1.165, 1.54) is 20.8 Å². The van der Waals surface area contributed by atoms with Gasteiger partial charge in [-0.05, 0) is 20.8 Å². The largest absolute Gasteiger partial charge is 0.500 e. The van der Waals surface area contributed by atoms with E-state index in [9.17, 15) is 13.7 Å². The first-order valence-electron chi connectivity index (χ1n) is 4.10. The van der Waals surface area contributed by atoms with Crippen molar-refractivity contribution in [2.24, 2.45) is 0 Å². The summed E-state index contributed by atoms with van der Waals surface area (Å²) >= 11 is 4.80. The Bertz CT molecular complexity index is 421. The summed E-state index contributed by atoms with van der Waals surface area (Å²) in [5, 5.41) is 0. The molecule has 0 aliphatic carbocycles. The molecule has 18 heavy (non-hydrogen) atoms. The first-order valence-corrected chi connectivity index (χ1v) is 8.90. The van der Waals surface area contributed by atoms with Crippen molar-refractivity contribution in [3.8, 4) is 0 Å². The van der Waals surface area contributed by atoms with Crippen LogP contribution >= 0.6 is 35.3 Å². The van der Waals surface area contributed by atoms with Gasteiger partial charge in [-0.15, -0.1) is 0 Å². The van der Waals surface area contributed by atoms with Gasteiger partial charge in [-0.1, -0.05) is 0 Å². The van der Waals surface area contributed by atoms with Crippen LogP contribution in [0.2, 0.25) is 0 Å². The monoisotopic (exact) mass is 348 g/mol. The SMILES string of the molecule is CC(C)(C)OP(=O)(OCl)OP(=O)(O)OP(=O)(O)O. The zero-order valence-electron chi connectivity index (χ0n) is 9.42. The van der Waals surface area contributed by atoms with Crippen molar-refractivity contribution in [2.75, 3.05) is 0 Å². The Morgan fingerprint density at radius 2 is 1.44 bits per heavy atom. The molecule has 2 unspecified atom stereocenters. The molecule has 0 rings (SSSR count). The third kappa shape index (κ3) is 8.74. The minimum absolute atomic E-state index is 1.15. The third-order valence-electron chi connectivity index (χ3n) is 0.883. The van der Waals surface area contributed by atoms with E-state index in [4.69, 9.17) is 26.5 Å². The summed E-state index contributed by atoms with van der Waals surface area (Å²) in [5.41, 5.74) is -1.15. The first kappa shape index (κ1) is 18.7. The molecule has 3 N–H and O–H groups in total. The van der Waals surface area contributed by atoms with Crippen LogP contribution in [0.3, 0.4) is 0 Å². The van der Waals surface area contributed by atoms with Crippen LogP contribution < -0.4 is 0 Å². The summed E-state index contributed by atoms with van der Waals surface area (Å²) in [5.74, 6) is 0. The van der Waals surface area contributed by atoms with Crippen LogP contribution in [-0.4, -0.2) is 20.3 Å². The standard InChI is InChI=1S/C4H12ClO10P3/c1-4(2,3)12-18(11,13-5)15-17(9,10)14-16(6,7)8/h1-3H3,(H,9,10)(H2,6,7,8). The van der Waals surface area contributed by atoms with Gasteiger partial charge in [0.15, 0.2) is 0 Å². The smallest absolute Gasteiger partial charge is 0.302 e. The minimum Gasteiger partial charge on any atom is -0.302 e. The molecule has 14 heteroatoms. The van der Waals surface area contributed by atoms with Crippen LogP contribution in [0.25, 0.3) is 0 Å². The Morgan fingerprint density at radius 1 is 1.00 bits per heavy atom. The predicted octanol–water partition coefficient (Wildman–Crippen LogP) is 2.31. The van der Waals surface area contributed by atoms with E-state index < -0.39 is 29.1 Å². The lowest BCUT2D eigenvalue weighted by atomic mass is 10.2. The highest BCUT2D eigenvalue weighted by Gasteiger charge is 2.44. The van der Waals surface area contributed by atoms with Gasteiger partial charge in [0, 0.05) is 0 Å². The van der Waals surface area contributed by atoms with Gasteiger partial charge in [0.1, 0.15) is 0 Å². The van der Waals surface area contributed by atoms with Crippen molar-refractivity contribution >= 4 is 35.3 Å². The van der Waals surface area contributed by atoms with Crippen LogP contribution in [0.1, 0.15) is 20.8 Å². The summed E-state index contributed by atoms with van der Waals surface area (Å²) in [6, 6.07) is 0. The van der Waals surface area contributed by atoms with E-state index in [1.54, 1.807) is 0 Å². The molecule has 0 amide bonds. The lowest BCUT2D eigenvalue weighted by molar-refractivity contribution is 0.0838. The van der Waals surface area contributed by atoms with E-state index >= 15 is 0 Å². The second-order valence-corrected chi connectivity index (χ2v) is 8.70. The highest BCUT2D eigenvalue weighted by Crippen LogP contribution is 2.69. The fraction of sp³-hybridized carbons (Fsp3) is 1.00. The van der Waals surface area contributed by atoms with E-state index in [0.717, 1.165) is 0 Å². The molecule has 0 bridgehead atoms. The molecule has 0 saturated carbocycles. The first-order chi connectivity index (χ1) is 7.68. The normalized spacial score (nSPS) is 20.2. The molecule has 0 radical (unpaired) electrons. The van der Waals surface area contributed by atoms with Gasteiger partial charge in [0.2, 0.25) is 0 Å². The molecule has 0 aliphatic heterocycles. The van der Waals surface area contributed by atoms with E-state index in [2.05, 4.69) is 17.2 Å². The molecule has 2 atom stereocenters. The molecular weight excluding hydrogens is 336 g/mol. The molecular formula is C4H12ClO10P3. The number of phosphoric acid groups is 3. The molecule has 10 nitrogen and oxygen atoms in total. The van der Waals surface area contributed by atoms with Crippen molar-refractivity contribution in [2.45, 2.75) is 26.4 Å². The van der Waals surface area contributed by atoms with Gasteiger partial charge in [-0.3, -0.25) is 4.52 Å². The summed E-state index contributed by atoms with van der Waals surface area (Å²) < 4.78 is 48.8. The summed E-state index contributed by atoms with van der Waals surface area (Å²) in [6.07, 6.45) is 0. The van der Waals surface area contributed by atoms with Gasteiger partial charge in [-0.25, -0.2) is 13.7 Å². The fourth-order valence-corrected chi connectivity index (χ4v) is 4.37. The van der Waals surface area contributed by atoms with Crippen molar-refractivity contribution in [3.05, 3.63) is 0 Å². The molecule has 0 fully saturated rings. The zero-order chi connectivity index (χ0) is 14.8. The van der Waals surface area contributed by atoms with Crippen LogP contribution in [0.4, 0.5) is 0 Å². The van der Waals surface area contributed by atoms with Gasteiger partial charge in [0.05, 0.1) is 17.5 Å². The Morgan fingerprint density at radius 3 is 1.72 bits per heavy atom. The zero-order valence-corrected chi connectivity index (χ0v) is 12.9. The molecule has 0 heterocycles. The Labute approximate surface area is 108 Å². The molecule has 110 valence electrons. The van der Waals surface area contributed by atoms with E-state index in [-0.39, 0.29) is 0 Å². The highest BCUT2D eigenvalue weighted by atomic mass is 35.5. The average Bonchev–Trinajstić information content (AvgIpc) is 1.93. The molecule has 0 aromatic heterocycles. The second-order valence-electron chi connectivity index (χ2n) is 3.84. The van der Waals surface area contributed by atoms with Crippen molar-refractivity contribution in [1.29, 1.82) is 0 Å². The van der Waals surface area contributed by atoms with Gasteiger partial charge >= 0.3 is 23.5 Å². The minimum atomic E-state index is -5.40. The van der Waals surface area contributed by atoms with Crippen molar-refractivity contribution < 1.29 is 45.6 Å². The van der Waals surface area contributed by atoms with Crippen LogP contribution in [0, 0.1) is 0 Å². The predicted molar refractivity (Wildman–Crippen MR) is 59.4 cm³/mol. The van der Waals surface area contributed by atoms with Crippen LogP contribution in [0.15, 0.2) is 0 Å². The Balaban J connectivity index is 4.98. The van der Waals surface area contributed by atoms with E-state index in [0.29, 0.717) is 0 Å². The Kier molecular flexibility index (Phi) is 6.23. The van der Waals surface area contributed by atoms with Crippen molar-refractivity contribution in [3.63, 3.8) is 0 Å². The quantitative estimate of drug-likeness (QED) is 0.610. The topological polar surface area (TPSA) is 149 Å². The number of hydrogen-bond acceptors (Lipinski definition) is 7. The molecule has 0 aromatic carbocycles. The number of hydrogen-bond donors (Lipinski definition) is 3. The van der Waals surface area contributed by atoms with Crippen LogP contribution in [-0.2, 0) is 30.9 Å². The highest BCUT2D eigenvalue weighted by molar-refractivity contribution is 7.67. The number of rotatable bonds is 6. The maximum Gasteiger partial charge on any atom is 0.500 e. The maximum absolute atomic E-state index is 11.6. The maximum atomic E-state index is 11.6. The molecule has 0 aromatic rings. The summed E-state index contributed by atoms with van der Waals surface area (Å²) in [6.45, 7) is 4.18. The molecule has 0 aliphatic rings. The van der Waals surface area contributed by atoms with Gasteiger partial charge in [0.25, 0.3) is 0 Å².